The van der Waals surface area contributed by atoms with Crippen LogP contribution in [0.25, 0.3) is 0 Å². The Morgan fingerprint density at radius 2 is 1.97 bits per heavy atom. The van der Waals surface area contributed by atoms with Crippen LogP contribution in [0.15, 0.2) is 30.5 Å². The van der Waals surface area contributed by atoms with Crippen LogP contribution in [0.5, 0.6) is 5.75 Å². The van der Waals surface area contributed by atoms with Gasteiger partial charge in [-0.2, -0.15) is 11.8 Å². The maximum absolute atomic E-state index is 12.4. The SMILES string of the molecule is CN(C(N)=O)C(=O)CCSCc1[nH]cc(O)c1C(=O)OCc1ccc([N+](=O)[O-])cc1. The maximum Gasteiger partial charge on any atom is 0.344 e. The Balaban J connectivity index is 1.89. The van der Waals surface area contributed by atoms with Gasteiger partial charge < -0.3 is 20.6 Å². The molecule has 0 aliphatic rings. The number of benzene rings is 1. The monoisotopic (exact) mass is 436 g/mol. The number of amides is 3. The number of aromatic amines is 1. The Labute approximate surface area is 175 Å². The molecule has 160 valence electrons. The molecular formula is C18H20N4O7S. The van der Waals surface area contributed by atoms with Gasteiger partial charge in [0.1, 0.15) is 17.9 Å². The van der Waals surface area contributed by atoms with Gasteiger partial charge in [0.05, 0.1) is 4.92 Å². The van der Waals surface area contributed by atoms with E-state index in [4.69, 9.17) is 10.5 Å². The number of carbonyl (C=O) groups is 3. The van der Waals surface area contributed by atoms with E-state index >= 15 is 0 Å². The number of urea groups is 1. The van der Waals surface area contributed by atoms with E-state index in [9.17, 15) is 29.6 Å². The number of hydrogen-bond acceptors (Lipinski definition) is 8. The molecule has 3 amide bonds. The minimum Gasteiger partial charge on any atom is -0.505 e. The molecule has 30 heavy (non-hydrogen) atoms. The summed E-state index contributed by atoms with van der Waals surface area (Å²) >= 11 is 1.31. The molecule has 0 radical (unpaired) electrons. The highest BCUT2D eigenvalue weighted by Gasteiger charge is 2.20. The summed E-state index contributed by atoms with van der Waals surface area (Å²) in [4.78, 5) is 48.7. The number of primary amides is 1. The number of aromatic hydroxyl groups is 1. The fraction of sp³-hybridized carbons (Fsp3) is 0.278. The molecule has 0 unspecified atom stereocenters. The van der Waals surface area contributed by atoms with Gasteiger partial charge in [0.25, 0.3) is 5.69 Å². The Morgan fingerprint density at radius 3 is 2.57 bits per heavy atom. The summed E-state index contributed by atoms with van der Waals surface area (Å²) in [5.74, 6) is -0.799. The number of non-ortho nitro benzene ring substituents is 1. The van der Waals surface area contributed by atoms with Crippen LogP contribution in [0.1, 0.15) is 28.0 Å². The number of H-pyrrole nitrogens is 1. The second-order valence-corrected chi connectivity index (χ2v) is 7.23. The van der Waals surface area contributed by atoms with Crippen molar-refractivity contribution in [3.8, 4) is 5.75 Å². The zero-order chi connectivity index (χ0) is 22.3. The molecule has 2 rings (SSSR count). The predicted octanol–water partition coefficient (Wildman–Crippen LogP) is 2.15. The molecular weight excluding hydrogens is 416 g/mol. The molecule has 11 nitrogen and oxygen atoms in total. The Kier molecular flexibility index (Phi) is 7.81. The molecule has 4 N–H and O–H groups in total. The predicted molar refractivity (Wildman–Crippen MR) is 108 cm³/mol. The first-order valence-electron chi connectivity index (χ1n) is 8.64. The molecule has 1 aromatic carbocycles. The molecule has 0 spiro atoms. The maximum atomic E-state index is 12.4. The quantitative estimate of drug-likeness (QED) is 0.232. The third-order valence-corrected chi connectivity index (χ3v) is 5.06. The van der Waals surface area contributed by atoms with Crippen molar-refractivity contribution in [1.29, 1.82) is 0 Å². The molecule has 0 aliphatic carbocycles. The van der Waals surface area contributed by atoms with Crippen molar-refractivity contribution in [1.82, 2.24) is 9.88 Å². The van der Waals surface area contributed by atoms with Crippen LogP contribution < -0.4 is 5.73 Å². The fourth-order valence-electron chi connectivity index (χ4n) is 2.36. The number of thioether (sulfide) groups is 1. The minimum absolute atomic E-state index is 0.0232. The number of hydrogen-bond donors (Lipinski definition) is 3. The van der Waals surface area contributed by atoms with Crippen LogP contribution >= 0.6 is 11.8 Å². The van der Waals surface area contributed by atoms with Crippen LogP contribution in [0, 0.1) is 10.1 Å². The van der Waals surface area contributed by atoms with Gasteiger partial charge in [-0.05, 0) is 17.7 Å². The van der Waals surface area contributed by atoms with E-state index in [1.54, 1.807) is 0 Å². The van der Waals surface area contributed by atoms with Gasteiger partial charge in [-0.25, -0.2) is 9.59 Å². The summed E-state index contributed by atoms with van der Waals surface area (Å²) < 4.78 is 5.19. The lowest BCUT2D eigenvalue weighted by Crippen LogP contribution is -2.37. The first-order valence-corrected chi connectivity index (χ1v) is 9.79. The summed E-state index contributed by atoms with van der Waals surface area (Å²) in [5, 5.41) is 20.6. The first kappa shape index (κ1) is 22.7. The van der Waals surface area contributed by atoms with Crippen molar-refractivity contribution in [2.24, 2.45) is 5.73 Å². The van der Waals surface area contributed by atoms with Crippen molar-refractivity contribution in [3.63, 3.8) is 0 Å². The highest BCUT2D eigenvalue weighted by molar-refractivity contribution is 7.98. The van der Waals surface area contributed by atoms with Crippen LogP contribution in [0.4, 0.5) is 10.5 Å². The molecule has 2 aromatic rings. The lowest BCUT2D eigenvalue weighted by molar-refractivity contribution is -0.384. The molecule has 0 bridgehead atoms. The van der Waals surface area contributed by atoms with E-state index in [2.05, 4.69) is 4.98 Å². The summed E-state index contributed by atoms with van der Waals surface area (Å²) in [6.45, 7) is -0.123. The Hall–Kier alpha value is -3.54. The number of nitrogens with zero attached hydrogens (tertiary/aromatic N) is 2. The lowest BCUT2D eigenvalue weighted by atomic mass is 10.2. The minimum atomic E-state index is -0.836. The number of carbonyl (C=O) groups excluding carboxylic acids is 3. The van der Waals surface area contributed by atoms with Crippen LogP contribution in [0.2, 0.25) is 0 Å². The average molecular weight is 436 g/mol. The number of esters is 1. The number of aromatic nitrogens is 1. The highest BCUT2D eigenvalue weighted by atomic mass is 32.2. The smallest absolute Gasteiger partial charge is 0.344 e. The highest BCUT2D eigenvalue weighted by Crippen LogP contribution is 2.26. The number of ether oxygens (including phenoxy) is 1. The lowest BCUT2D eigenvalue weighted by Gasteiger charge is -2.11. The van der Waals surface area contributed by atoms with E-state index in [0.29, 0.717) is 17.0 Å². The molecule has 1 heterocycles. The Bertz CT molecular complexity index is 943. The summed E-state index contributed by atoms with van der Waals surface area (Å²) in [6, 6.07) is 4.71. The largest absolute Gasteiger partial charge is 0.505 e. The van der Waals surface area contributed by atoms with Gasteiger partial charge in [0.15, 0.2) is 0 Å². The standard InChI is InChI=1S/C18H20N4O7S/c1-21(18(19)26)15(24)6-7-30-10-13-16(14(23)8-20-13)17(25)29-9-11-2-4-12(5-3-11)22(27)28/h2-5,8,20,23H,6-7,9-10H2,1H3,(H2,19,26). The third kappa shape index (κ3) is 5.98. The third-order valence-electron chi connectivity index (χ3n) is 4.07. The topological polar surface area (TPSA) is 169 Å². The molecule has 0 aliphatic heterocycles. The van der Waals surface area contributed by atoms with E-state index in [0.717, 1.165) is 4.90 Å². The van der Waals surface area contributed by atoms with Gasteiger partial charge in [-0.15, -0.1) is 0 Å². The normalized spacial score (nSPS) is 10.4. The molecule has 0 fully saturated rings. The van der Waals surface area contributed by atoms with Crippen molar-refractivity contribution < 1.29 is 29.2 Å². The van der Waals surface area contributed by atoms with Gasteiger partial charge >= 0.3 is 12.0 Å². The van der Waals surface area contributed by atoms with E-state index in [-0.39, 0.29) is 35.8 Å². The van der Waals surface area contributed by atoms with Gasteiger partial charge in [-0.3, -0.25) is 19.8 Å². The van der Waals surface area contributed by atoms with Crippen LogP contribution in [-0.4, -0.2) is 50.6 Å². The molecule has 12 heteroatoms. The van der Waals surface area contributed by atoms with E-state index in [1.165, 1.54) is 49.3 Å². The van der Waals surface area contributed by atoms with E-state index in [1.807, 2.05) is 0 Å². The molecule has 0 atom stereocenters. The number of nitrogens with two attached hydrogens (primary N) is 1. The zero-order valence-electron chi connectivity index (χ0n) is 16.0. The number of nitro benzene ring substituents is 1. The van der Waals surface area contributed by atoms with Gasteiger partial charge in [-0.1, -0.05) is 0 Å². The molecule has 0 saturated heterocycles. The number of imide groups is 1. The molecule has 0 saturated carbocycles. The number of rotatable bonds is 9. The summed E-state index contributed by atoms with van der Waals surface area (Å²) in [5.41, 5.74) is 5.90. The van der Waals surface area contributed by atoms with Crippen LogP contribution in [-0.2, 0) is 21.9 Å². The zero-order valence-corrected chi connectivity index (χ0v) is 16.8. The van der Waals surface area contributed by atoms with Crippen molar-refractivity contribution in [3.05, 3.63) is 57.4 Å². The first-order chi connectivity index (χ1) is 14.2. The molecule has 1 aromatic heterocycles. The summed E-state index contributed by atoms with van der Waals surface area (Å²) in [7, 11) is 1.29. The van der Waals surface area contributed by atoms with Crippen molar-refractivity contribution in [2.75, 3.05) is 12.8 Å². The summed E-state index contributed by atoms with van der Waals surface area (Å²) in [6.07, 6.45) is 1.33. The van der Waals surface area contributed by atoms with Crippen molar-refractivity contribution >= 4 is 35.4 Å². The van der Waals surface area contributed by atoms with Gasteiger partial charge in [0, 0.05) is 49.0 Å². The second-order valence-electron chi connectivity index (χ2n) is 6.12. The van der Waals surface area contributed by atoms with Gasteiger partial charge in [0.2, 0.25) is 5.91 Å². The Morgan fingerprint density at radius 1 is 1.30 bits per heavy atom. The number of nitro groups is 1. The number of nitrogens with one attached hydrogen (secondary N) is 1. The fourth-order valence-corrected chi connectivity index (χ4v) is 3.25. The van der Waals surface area contributed by atoms with Crippen LogP contribution in [0.3, 0.4) is 0 Å². The average Bonchev–Trinajstić information content (AvgIpc) is 3.09. The second kappa shape index (κ2) is 10.3. The van der Waals surface area contributed by atoms with E-state index < -0.39 is 22.8 Å². The van der Waals surface area contributed by atoms with Crippen molar-refractivity contribution in [2.45, 2.75) is 18.8 Å².